The molecular weight excluding hydrogens is 575 g/mol. The van der Waals surface area contributed by atoms with Crippen LogP contribution in [0.1, 0.15) is 21.5 Å². The van der Waals surface area contributed by atoms with E-state index in [1.807, 2.05) is 109 Å². The highest BCUT2D eigenvalue weighted by molar-refractivity contribution is 14.1. The van der Waals surface area contributed by atoms with Crippen molar-refractivity contribution in [3.05, 3.63) is 136 Å². The summed E-state index contributed by atoms with van der Waals surface area (Å²) < 4.78 is 8.60. The third-order valence-corrected chi connectivity index (χ3v) is 6.57. The summed E-state index contributed by atoms with van der Waals surface area (Å²) in [6.07, 6.45) is 3.52. The van der Waals surface area contributed by atoms with E-state index in [9.17, 15) is 4.79 Å². The van der Waals surface area contributed by atoms with Crippen LogP contribution in [-0.2, 0) is 6.61 Å². The van der Waals surface area contributed by atoms with Crippen molar-refractivity contribution in [2.75, 3.05) is 0 Å². The molecule has 0 unspecified atom stereocenters. The van der Waals surface area contributed by atoms with Gasteiger partial charge < -0.3 is 4.74 Å². The van der Waals surface area contributed by atoms with Gasteiger partial charge in [0.2, 0.25) is 0 Å². The number of hydrogen-bond acceptors (Lipinski definition) is 4. The molecule has 1 heterocycles. The topological polar surface area (TPSA) is 68.5 Å². The molecule has 0 aliphatic carbocycles. The summed E-state index contributed by atoms with van der Waals surface area (Å²) >= 11 is 2.14. The maximum atomic E-state index is 12.6. The zero-order chi connectivity index (χ0) is 25.5. The number of amides is 1. The number of nitrogens with one attached hydrogen (secondary N) is 1. The fraction of sp³-hybridized carbons (Fsp3) is 0.0333. The Kier molecular flexibility index (Phi) is 7.71. The van der Waals surface area contributed by atoms with E-state index in [2.05, 4.69) is 33.1 Å². The minimum Gasteiger partial charge on any atom is -0.489 e. The maximum absolute atomic E-state index is 12.6. The van der Waals surface area contributed by atoms with Gasteiger partial charge >= 0.3 is 0 Å². The summed E-state index contributed by atoms with van der Waals surface area (Å²) in [7, 11) is 0. The maximum Gasteiger partial charge on any atom is 0.272 e. The molecule has 0 aliphatic heterocycles. The zero-order valence-corrected chi connectivity index (χ0v) is 21.9. The molecule has 1 N–H and O–H groups in total. The van der Waals surface area contributed by atoms with Gasteiger partial charge in [-0.05, 0) is 76.7 Å². The molecule has 1 amide bonds. The van der Waals surface area contributed by atoms with Crippen LogP contribution in [0.5, 0.6) is 5.75 Å². The summed E-state index contributed by atoms with van der Waals surface area (Å²) in [4.78, 5) is 12.6. The Morgan fingerprint density at radius 1 is 0.892 bits per heavy atom. The van der Waals surface area contributed by atoms with E-state index in [0.29, 0.717) is 12.2 Å². The Balaban J connectivity index is 1.38. The monoisotopic (exact) mass is 598 g/mol. The number of carbonyl (C=O) groups is 1. The number of para-hydroxylation sites is 1. The Bertz CT molecular complexity index is 1510. The molecule has 0 radical (unpaired) electrons. The molecule has 0 aliphatic rings. The molecule has 1 aromatic heterocycles. The molecule has 37 heavy (non-hydrogen) atoms. The standard InChI is InChI=1S/C30H23IN4O2/c31-28-14-8-7-13-27(28)30(36)33-32-19-24-20-35(25-11-5-2-6-12-25)34-29(24)23-15-17-26(18-16-23)37-21-22-9-3-1-4-10-22/h1-20H,21H2,(H,33,36)/b32-19-. The van der Waals surface area contributed by atoms with Crippen molar-refractivity contribution in [3.8, 4) is 22.7 Å². The van der Waals surface area contributed by atoms with Gasteiger partial charge in [0.15, 0.2) is 0 Å². The fourth-order valence-electron chi connectivity index (χ4n) is 3.74. The summed E-state index contributed by atoms with van der Waals surface area (Å²) in [6, 6.07) is 35.1. The highest BCUT2D eigenvalue weighted by Gasteiger charge is 2.12. The van der Waals surface area contributed by atoms with Crippen LogP contribution in [0.4, 0.5) is 0 Å². The van der Waals surface area contributed by atoms with E-state index in [1.54, 1.807) is 17.0 Å². The second-order valence-corrected chi connectivity index (χ2v) is 9.35. The van der Waals surface area contributed by atoms with Gasteiger partial charge in [0.05, 0.1) is 17.5 Å². The van der Waals surface area contributed by atoms with E-state index in [1.165, 1.54) is 0 Å². The third kappa shape index (κ3) is 6.13. The summed E-state index contributed by atoms with van der Waals surface area (Å²) in [6.45, 7) is 0.501. The van der Waals surface area contributed by atoms with Gasteiger partial charge in [0.1, 0.15) is 18.1 Å². The summed E-state index contributed by atoms with van der Waals surface area (Å²) in [5, 5.41) is 9.04. The first-order valence-corrected chi connectivity index (χ1v) is 12.8. The number of rotatable bonds is 8. The van der Waals surface area contributed by atoms with Gasteiger partial charge in [-0.25, -0.2) is 10.1 Å². The Morgan fingerprint density at radius 2 is 1.57 bits per heavy atom. The largest absolute Gasteiger partial charge is 0.489 e. The zero-order valence-electron chi connectivity index (χ0n) is 19.8. The Hall–Kier alpha value is -4.24. The molecule has 0 saturated heterocycles. The lowest BCUT2D eigenvalue weighted by molar-refractivity contribution is 0.0954. The van der Waals surface area contributed by atoms with Crippen molar-refractivity contribution < 1.29 is 9.53 Å². The first-order chi connectivity index (χ1) is 18.2. The number of carbonyl (C=O) groups excluding carboxylic acids is 1. The number of aromatic nitrogens is 2. The van der Waals surface area contributed by atoms with Crippen LogP contribution in [0, 0.1) is 3.57 Å². The van der Waals surface area contributed by atoms with E-state index in [-0.39, 0.29) is 5.91 Å². The van der Waals surface area contributed by atoms with Crippen molar-refractivity contribution in [2.24, 2.45) is 5.10 Å². The number of hydrogen-bond donors (Lipinski definition) is 1. The van der Waals surface area contributed by atoms with Gasteiger partial charge in [0, 0.05) is 20.9 Å². The molecule has 4 aromatic carbocycles. The number of halogens is 1. The average molecular weight is 598 g/mol. The van der Waals surface area contributed by atoms with Crippen LogP contribution in [-0.4, -0.2) is 21.9 Å². The molecule has 5 aromatic rings. The number of ether oxygens (including phenoxy) is 1. The fourth-order valence-corrected chi connectivity index (χ4v) is 4.37. The van der Waals surface area contributed by atoms with Crippen molar-refractivity contribution >= 4 is 34.7 Å². The smallest absolute Gasteiger partial charge is 0.272 e. The van der Waals surface area contributed by atoms with Crippen LogP contribution in [0.3, 0.4) is 0 Å². The summed E-state index contributed by atoms with van der Waals surface area (Å²) in [5.74, 6) is 0.508. The predicted molar refractivity (Wildman–Crippen MR) is 154 cm³/mol. The summed E-state index contributed by atoms with van der Waals surface area (Å²) in [5.41, 5.74) is 7.66. The Labute approximate surface area is 228 Å². The molecule has 0 bridgehead atoms. The third-order valence-electron chi connectivity index (χ3n) is 5.63. The van der Waals surface area contributed by atoms with Crippen LogP contribution < -0.4 is 10.2 Å². The highest BCUT2D eigenvalue weighted by atomic mass is 127. The molecule has 0 saturated carbocycles. The van der Waals surface area contributed by atoms with Crippen molar-refractivity contribution in [3.63, 3.8) is 0 Å². The van der Waals surface area contributed by atoms with E-state index in [0.717, 1.165) is 37.4 Å². The number of nitrogens with zero attached hydrogens (tertiary/aromatic N) is 3. The lowest BCUT2D eigenvalue weighted by Gasteiger charge is -2.07. The Morgan fingerprint density at radius 3 is 2.30 bits per heavy atom. The average Bonchev–Trinajstić information content (AvgIpc) is 3.37. The van der Waals surface area contributed by atoms with Gasteiger partial charge in [-0.1, -0.05) is 60.7 Å². The van der Waals surface area contributed by atoms with E-state index >= 15 is 0 Å². The van der Waals surface area contributed by atoms with Crippen molar-refractivity contribution in [1.29, 1.82) is 0 Å². The molecule has 7 heteroatoms. The predicted octanol–water partition coefficient (Wildman–Crippen LogP) is 6.49. The van der Waals surface area contributed by atoms with Crippen molar-refractivity contribution in [1.82, 2.24) is 15.2 Å². The van der Waals surface area contributed by atoms with Crippen LogP contribution >= 0.6 is 22.6 Å². The molecule has 0 fully saturated rings. The van der Waals surface area contributed by atoms with E-state index in [4.69, 9.17) is 9.84 Å². The lowest BCUT2D eigenvalue weighted by atomic mass is 10.1. The quantitative estimate of drug-likeness (QED) is 0.126. The second kappa shape index (κ2) is 11.7. The van der Waals surface area contributed by atoms with Crippen LogP contribution in [0.25, 0.3) is 16.9 Å². The molecule has 5 rings (SSSR count). The van der Waals surface area contributed by atoms with Gasteiger partial charge in [0.25, 0.3) is 5.91 Å². The minimum absolute atomic E-state index is 0.266. The first kappa shape index (κ1) is 24.5. The number of hydrazone groups is 1. The van der Waals surface area contributed by atoms with Crippen LogP contribution in [0.2, 0.25) is 0 Å². The van der Waals surface area contributed by atoms with Crippen molar-refractivity contribution in [2.45, 2.75) is 6.61 Å². The second-order valence-electron chi connectivity index (χ2n) is 8.19. The lowest BCUT2D eigenvalue weighted by Crippen LogP contribution is -2.18. The van der Waals surface area contributed by atoms with Gasteiger partial charge in [-0.3, -0.25) is 4.79 Å². The SMILES string of the molecule is O=C(N/N=C\c1cn(-c2ccccc2)nc1-c1ccc(OCc2ccccc2)cc1)c1ccccc1I. The molecule has 6 nitrogen and oxygen atoms in total. The first-order valence-electron chi connectivity index (χ1n) is 11.7. The van der Waals surface area contributed by atoms with E-state index < -0.39 is 0 Å². The molecule has 0 spiro atoms. The molecular formula is C30H23IN4O2. The highest BCUT2D eigenvalue weighted by Crippen LogP contribution is 2.25. The van der Waals surface area contributed by atoms with Gasteiger partial charge in [-0.2, -0.15) is 10.2 Å². The molecule has 182 valence electrons. The van der Waals surface area contributed by atoms with Gasteiger partial charge in [-0.15, -0.1) is 0 Å². The van der Waals surface area contributed by atoms with Crippen LogP contribution in [0.15, 0.2) is 120 Å². The minimum atomic E-state index is -0.266. The molecule has 0 atom stereocenters. The normalized spacial score (nSPS) is 10.9. The number of benzene rings is 4.